The third kappa shape index (κ3) is 7.12. The maximum atomic E-state index is 13.6. The zero-order valence-electron chi connectivity index (χ0n) is 21.9. The van der Waals surface area contributed by atoms with Crippen LogP contribution in [0.4, 0.5) is 47.9 Å². The fourth-order valence-corrected chi connectivity index (χ4v) is 5.19. The van der Waals surface area contributed by atoms with Gasteiger partial charge >= 0.3 is 12.4 Å². The van der Waals surface area contributed by atoms with Crippen molar-refractivity contribution in [2.75, 3.05) is 41.3 Å². The molecule has 0 amide bonds. The molecule has 1 saturated carbocycles. The Labute approximate surface area is 232 Å². The summed E-state index contributed by atoms with van der Waals surface area (Å²) in [4.78, 5) is 12.7. The van der Waals surface area contributed by atoms with Gasteiger partial charge in [0.15, 0.2) is 0 Å². The van der Waals surface area contributed by atoms with Crippen molar-refractivity contribution in [2.45, 2.75) is 50.2 Å². The Morgan fingerprint density at radius 2 is 1.41 bits per heavy atom. The summed E-state index contributed by atoms with van der Waals surface area (Å²) in [6.07, 6.45) is -5.18. The summed E-state index contributed by atoms with van der Waals surface area (Å²) in [7, 11) is 0. The van der Waals surface area contributed by atoms with Crippen LogP contribution in [0.3, 0.4) is 0 Å². The van der Waals surface area contributed by atoms with E-state index in [1.54, 1.807) is 6.07 Å². The molecule has 2 aliphatic rings. The summed E-state index contributed by atoms with van der Waals surface area (Å²) in [6, 6.07) is 9.76. The average Bonchev–Trinajstić information content (AvgIpc) is 2.94. The highest BCUT2D eigenvalue weighted by Gasteiger charge is 2.35. The topological polar surface area (TPSA) is 53.5 Å². The lowest BCUT2D eigenvalue weighted by Crippen LogP contribution is -2.46. The zero-order valence-corrected chi connectivity index (χ0v) is 21.9. The van der Waals surface area contributed by atoms with E-state index in [1.807, 2.05) is 4.90 Å². The number of hydrogen-bond acceptors (Lipinski definition) is 6. The van der Waals surface area contributed by atoms with Crippen LogP contribution in [0.2, 0.25) is 0 Å². The number of aromatic nitrogens is 2. The Kier molecular flexibility index (Phi) is 8.14. The quantitative estimate of drug-likeness (QED) is 0.323. The van der Waals surface area contributed by atoms with Crippen molar-refractivity contribution in [2.24, 2.45) is 0 Å². The molecule has 2 fully saturated rings. The van der Waals surface area contributed by atoms with E-state index >= 15 is 0 Å². The number of nitrogens with zero attached hydrogens (tertiary/aromatic N) is 4. The van der Waals surface area contributed by atoms with Gasteiger partial charge in [0.05, 0.1) is 11.1 Å². The van der Waals surface area contributed by atoms with E-state index in [-0.39, 0.29) is 17.8 Å². The van der Waals surface area contributed by atoms with Gasteiger partial charge in [-0.1, -0.05) is 0 Å². The van der Waals surface area contributed by atoms with Crippen LogP contribution in [0.15, 0.2) is 54.9 Å². The summed E-state index contributed by atoms with van der Waals surface area (Å²) in [5, 5.41) is 3.07. The molecule has 0 spiro atoms. The van der Waals surface area contributed by atoms with Crippen molar-refractivity contribution in [3.8, 4) is 5.88 Å². The summed E-state index contributed by atoms with van der Waals surface area (Å²) in [5.74, 6) is -0.190. The summed E-state index contributed by atoms with van der Waals surface area (Å²) < 4.78 is 97.2. The lowest BCUT2D eigenvalue weighted by Gasteiger charge is -2.37. The van der Waals surface area contributed by atoms with Crippen LogP contribution in [0.25, 0.3) is 0 Å². The lowest BCUT2D eigenvalue weighted by atomic mass is 9.92. The second-order valence-electron chi connectivity index (χ2n) is 10.2. The first-order valence-corrected chi connectivity index (χ1v) is 13.2. The monoisotopic (exact) mass is 583 g/mol. The molecular formula is C28H28F7N5O. The van der Waals surface area contributed by atoms with E-state index in [1.165, 1.54) is 24.5 Å². The van der Waals surface area contributed by atoms with E-state index in [2.05, 4.69) is 20.2 Å². The van der Waals surface area contributed by atoms with Gasteiger partial charge in [-0.05, 0) is 68.1 Å². The molecule has 0 atom stereocenters. The molecule has 41 heavy (non-hydrogen) atoms. The van der Waals surface area contributed by atoms with Gasteiger partial charge in [0, 0.05) is 49.7 Å². The molecular weight excluding hydrogens is 555 g/mol. The van der Waals surface area contributed by atoms with Crippen molar-refractivity contribution >= 4 is 17.2 Å². The van der Waals surface area contributed by atoms with Crippen LogP contribution < -0.4 is 19.9 Å². The third-order valence-electron chi connectivity index (χ3n) is 7.40. The van der Waals surface area contributed by atoms with Gasteiger partial charge in [0.1, 0.15) is 24.1 Å². The molecule has 2 aromatic carbocycles. The van der Waals surface area contributed by atoms with Gasteiger partial charge in [-0.3, -0.25) is 0 Å². The fourth-order valence-electron chi connectivity index (χ4n) is 5.19. The van der Waals surface area contributed by atoms with E-state index in [9.17, 15) is 30.7 Å². The fraction of sp³-hybridized carbons (Fsp3) is 0.429. The van der Waals surface area contributed by atoms with Gasteiger partial charge < -0.3 is 19.9 Å². The highest BCUT2D eigenvalue weighted by Crippen LogP contribution is 2.34. The maximum absolute atomic E-state index is 13.6. The van der Waals surface area contributed by atoms with Gasteiger partial charge in [0.25, 0.3) is 0 Å². The molecule has 3 aromatic rings. The minimum Gasteiger partial charge on any atom is -0.474 e. The number of rotatable bonds is 6. The first-order valence-electron chi connectivity index (χ1n) is 13.2. The van der Waals surface area contributed by atoms with Crippen LogP contribution in [0.5, 0.6) is 5.88 Å². The standard InChI is InChI=1S/C28H28F7N5O/c29-24-10-5-20(15-23(24)28(33,34)35)38-19-3-8-22(9-4-19)41-26-16-25(36-17-37-26)40-13-11-39(12-14-40)21-6-1-18(2-7-21)27(30,31)32/h1-2,5-7,10,15-17,19,22,38H,3-4,8-9,11-14H2. The predicted octanol–water partition coefficient (Wildman–Crippen LogP) is 6.78. The molecule has 6 nitrogen and oxygen atoms in total. The Balaban J connectivity index is 1.11. The Morgan fingerprint density at radius 1 is 0.756 bits per heavy atom. The van der Waals surface area contributed by atoms with Crippen molar-refractivity contribution in [1.82, 2.24) is 9.97 Å². The van der Waals surface area contributed by atoms with Gasteiger partial charge in [-0.25, -0.2) is 14.4 Å². The van der Waals surface area contributed by atoms with Crippen molar-refractivity contribution in [3.05, 3.63) is 71.8 Å². The highest BCUT2D eigenvalue weighted by molar-refractivity contribution is 5.51. The van der Waals surface area contributed by atoms with Crippen LogP contribution in [-0.2, 0) is 12.4 Å². The maximum Gasteiger partial charge on any atom is 0.419 e. The first kappa shape index (κ1) is 28.7. The number of alkyl halides is 6. The highest BCUT2D eigenvalue weighted by atomic mass is 19.4. The molecule has 1 aliphatic carbocycles. The SMILES string of the molecule is Fc1ccc(NC2CCC(Oc3cc(N4CCN(c5ccc(C(F)(F)F)cc5)CC4)ncn3)CC2)cc1C(F)(F)F. The van der Waals surface area contributed by atoms with Gasteiger partial charge in [0.2, 0.25) is 5.88 Å². The Morgan fingerprint density at radius 3 is 2.05 bits per heavy atom. The van der Waals surface area contributed by atoms with Crippen LogP contribution in [-0.4, -0.2) is 48.3 Å². The van der Waals surface area contributed by atoms with Crippen molar-refractivity contribution in [3.63, 3.8) is 0 Å². The molecule has 0 bridgehead atoms. The lowest BCUT2D eigenvalue weighted by molar-refractivity contribution is -0.140. The summed E-state index contributed by atoms with van der Waals surface area (Å²) in [5.41, 5.74) is -1.01. The number of anilines is 3. The minimum atomic E-state index is -4.76. The molecule has 1 aromatic heterocycles. The molecule has 5 rings (SSSR count). The van der Waals surface area contributed by atoms with Crippen molar-refractivity contribution in [1.29, 1.82) is 0 Å². The number of halogens is 7. The van der Waals surface area contributed by atoms with Gasteiger partial charge in [-0.15, -0.1) is 0 Å². The molecule has 1 aliphatic heterocycles. The van der Waals surface area contributed by atoms with Crippen LogP contribution in [0.1, 0.15) is 36.8 Å². The molecule has 1 N–H and O–H groups in total. The van der Waals surface area contributed by atoms with E-state index in [0.717, 1.165) is 30.0 Å². The molecule has 2 heterocycles. The largest absolute Gasteiger partial charge is 0.474 e. The van der Waals surface area contributed by atoms with E-state index < -0.39 is 29.3 Å². The summed E-state index contributed by atoms with van der Waals surface area (Å²) >= 11 is 0. The minimum absolute atomic E-state index is 0.0664. The molecule has 13 heteroatoms. The normalized spacial score (nSPS) is 20.2. The predicted molar refractivity (Wildman–Crippen MR) is 140 cm³/mol. The Hall–Kier alpha value is -3.77. The first-order chi connectivity index (χ1) is 19.5. The van der Waals surface area contributed by atoms with Gasteiger partial charge in [-0.2, -0.15) is 26.3 Å². The van der Waals surface area contributed by atoms with Crippen LogP contribution >= 0.6 is 0 Å². The molecule has 0 radical (unpaired) electrons. The summed E-state index contributed by atoms with van der Waals surface area (Å²) in [6.45, 7) is 2.46. The van der Waals surface area contributed by atoms with E-state index in [4.69, 9.17) is 4.74 Å². The number of nitrogens with one attached hydrogen (secondary N) is 1. The van der Waals surface area contributed by atoms with E-state index in [0.29, 0.717) is 63.6 Å². The van der Waals surface area contributed by atoms with Crippen LogP contribution in [0, 0.1) is 5.82 Å². The number of ether oxygens (including phenoxy) is 1. The number of benzene rings is 2. The molecule has 1 saturated heterocycles. The molecule has 220 valence electrons. The van der Waals surface area contributed by atoms with Crippen molar-refractivity contribution < 1.29 is 35.5 Å². The average molecular weight is 584 g/mol. The second kappa shape index (κ2) is 11.6. The number of hydrogen-bond donors (Lipinski definition) is 1. The number of piperazine rings is 1. The second-order valence-corrected chi connectivity index (χ2v) is 10.2. The zero-order chi connectivity index (χ0) is 29.2. The molecule has 0 unspecified atom stereocenters. The Bertz CT molecular complexity index is 1320. The third-order valence-corrected chi connectivity index (χ3v) is 7.40. The smallest absolute Gasteiger partial charge is 0.419 e.